The fourth-order valence-corrected chi connectivity index (χ4v) is 1.84. The summed E-state index contributed by atoms with van der Waals surface area (Å²) in [7, 11) is 0. The summed E-state index contributed by atoms with van der Waals surface area (Å²) in [5.74, 6) is -0.864. The molecule has 0 aromatic heterocycles. The Morgan fingerprint density at radius 1 is 0.846 bits per heavy atom. The van der Waals surface area contributed by atoms with Crippen molar-refractivity contribution in [2.45, 2.75) is 39.3 Å². The quantitative estimate of drug-likeness (QED) is 0.421. The second-order valence-corrected chi connectivity index (χ2v) is 5.56. The fraction of sp³-hybridized carbons (Fsp3) is 0.400. The Morgan fingerprint density at radius 2 is 1.19 bits per heavy atom. The van der Waals surface area contributed by atoms with Gasteiger partial charge in [-0.3, -0.25) is 0 Å². The van der Waals surface area contributed by atoms with Crippen molar-refractivity contribution in [2.24, 2.45) is 0 Å². The lowest BCUT2D eigenvalue weighted by Crippen LogP contribution is -2.23. The van der Waals surface area contributed by atoms with Crippen LogP contribution in [0.1, 0.15) is 25.0 Å². The molecule has 6 nitrogen and oxygen atoms in total. The van der Waals surface area contributed by atoms with Crippen LogP contribution in [0.15, 0.2) is 49.6 Å². The first-order valence-electron chi connectivity index (χ1n) is 8.34. The van der Waals surface area contributed by atoms with Gasteiger partial charge in [0.25, 0.3) is 0 Å². The van der Waals surface area contributed by atoms with Gasteiger partial charge in [0, 0.05) is 0 Å². The third-order valence-electron chi connectivity index (χ3n) is 3.38. The molecule has 0 spiro atoms. The van der Waals surface area contributed by atoms with Gasteiger partial charge in [-0.15, -0.1) is 13.2 Å². The van der Waals surface area contributed by atoms with Crippen LogP contribution in [0.5, 0.6) is 0 Å². The lowest BCUT2D eigenvalue weighted by atomic mass is 10.1. The highest BCUT2D eigenvalue weighted by atomic mass is 16.6. The molecule has 0 aliphatic rings. The Kier molecular flexibility index (Phi) is 9.97. The minimum atomic E-state index is -0.642. The van der Waals surface area contributed by atoms with Gasteiger partial charge < -0.3 is 18.9 Å². The molecule has 0 bridgehead atoms. The zero-order valence-electron chi connectivity index (χ0n) is 15.3. The maximum Gasteiger partial charge on any atom is 0.335 e. The van der Waals surface area contributed by atoms with E-state index in [1.807, 2.05) is 24.3 Å². The van der Waals surface area contributed by atoms with E-state index in [2.05, 4.69) is 13.2 Å². The van der Waals surface area contributed by atoms with Gasteiger partial charge in [-0.1, -0.05) is 36.4 Å². The molecule has 0 radical (unpaired) electrons. The molecule has 0 N–H and O–H groups in total. The Balaban J connectivity index is 2.39. The van der Waals surface area contributed by atoms with Crippen LogP contribution in [0.4, 0.5) is 0 Å². The lowest BCUT2D eigenvalue weighted by molar-refractivity contribution is -0.157. The van der Waals surface area contributed by atoms with Crippen LogP contribution in [0.25, 0.3) is 0 Å². The maximum atomic E-state index is 11.7. The summed E-state index contributed by atoms with van der Waals surface area (Å²) in [5, 5.41) is 0. The number of carbonyl (C=O) groups excluding carboxylic acids is 2. The maximum absolute atomic E-state index is 11.7. The molecule has 0 fully saturated rings. The van der Waals surface area contributed by atoms with E-state index in [-0.39, 0.29) is 13.2 Å². The van der Waals surface area contributed by atoms with Crippen molar-refractivity contribution in [1.29, 1.82) is 0 Å². The van der Waals surface area contributed by atoms with E-state index in [0.29, 0.717) is 13.2 Å². The molecule has 0 aliphatic heterocycles. The van der Waals surface area contributed by atoms with E-state index < -0.39 is 24.1 Å². The predicted octanol–water partition coefficient (Wildman–Crippen LogP) is 2.96. The highest BCUT2D eigenvalue weighted by Gasteiger charge is 2.15. The standard InChI is InChI=1S/C20H26O6/c1-5-11-23-15(3)19(21)25-13-17-7-9-18(10-8-17)14-26-20(22)16(4)24-12-6-2/h5-10,15-16H,1-2,11-14H2,3-4H3. The molecule has 0 heterocycles. The predicted molar refractivity (Wildman–Crippen MR) is 97.3 cm³/mol. The van der Waals surface area contributed by atoms with Crippen LogP contribution < -0.4 is 0 Å². The van der Waals surface area contributed by atoms with Crippen LogP contribution in [0, 0.1) is 0 Å². The van der Waals surface area contributed by atoms with E-state index in [9.17, 15) is 9.59 Å². The van der Waals surface area contributed by atoms with E-state index in [0.717, 1.165) is 11.1 Å². The first-order chi connectivity index (χ1) is 12.5. The summed E-state index contributed by atoms with van der Waals surface area (Å²) in [5.41, 5.74) is 1.65. The number of carbonyl (C=O) groups is 2. The molecular formula is C20H26O6. The van der Waals surface area contributed by atoms with Crippen molar-refractivity contribution in [3.8, 4) is 0 Å². The van der Waals surface area contributed by atoms with E-state index in [1.54, 1.807) is 26.0 Å². The molecule has 0 saturated heterocycles. The van der Waals surface area contributed by atoms with Gasteiger partial charge in [0.05, 0.1) is 13.2 Å². The molecule has 0 amide bonds. The van der Waals surface area contributed by atoms with Crippen LogP contribution in [0.2, 0.25) is 0 Å². The SMILES string of the molecule is C=CCOC(C)C(=O)OCc1ccc(COC(=O)C(C)OCC=C)cc1. The third-order valence-corrected chi connectivity index (χ3v) is 3.38. The fourth-order valence-electron chi connectivity index (χ4n) is 1.84. The van der Waals surface area contributed by atoms with Crippen molar-refractivity contribution in [2.75, 3.05) is 13.2 Å². The summed E-state index contributed by atoms with van der Waals surface area (Å²) < 4.78 is 20.8. The van der Waals surface area contributed by atoms with Gasteiger partial charge in [0.1, 0.15) is 13.2 Å². The van der Waals surface area contributed by atoms with Crippen molar-refractivity contribution < 1.29 is 28.5 Å². The molecule has 2 atom stereocenters. The molecule has 1 rings (SSSR count). The largest absolute Gasteiger partial charge is 0.459 e. The molecular weight excluding hydrogens is 336 g/mol. The first kappa shape index (κ1) is 21.6. The number of hydrogen-bond donors (Lipinski definition) is 0. The smallest absolute Gasteiger partial charge is 0.335 e. The summed E-state index contributed by atoms with van der Waals surface area (Å²) in [4.78, 5) is 23.5. The lowest BCUT2D eigenvalue weighted by Gasteiger charge is -2.12. The van der Waals surface area contributed by atoms with Gasteiger partial charge in [-0.05, 0) is 25.0 Å². The Bertz CT molecular complexity index is 540. The number of esters is 2. The first-order valence-corrected chi connectivity index (χ1v) is 8.34. The normalized spacial score (nSPS) is 12.7. The summed E-state index contributed by atoms with van der Waals surface area (Å²) in [6, 6.07) is 7.24. The third kappa shape index (κ3) is 8.09. The average Bonchev–Trinajstić information content (AvgIpc) is 2.67. The molecule has 2 unspecified atom stereocenters. The van der Waals surface area contributed by atoms with Crippen LogP contribution in [0.3, 0.4) is 0 Å². The van der Waals surface area contributed by atoms with E-state index in [1.165, 1.54) is 0 Å². The second-order valence-electron chi connectivity index (χ2n) is 5.56. The zero-order chi connectivity index (χ0) is 19.4. The van der Waals surface area contributed by atoms with Crippen LogP contribution in [-0.4, -0.2) is 37.4 Å². The molecule has 0 saturated carbocycles. The number of ether oxygens (including phenoxy) is 4. The summed E-state index contributed by atoms with van der Waals surface area (Å²) >= 11 is 0. The Labute approximate surface area is 154 Å². The minimum absolute atomic E-state index is 0.146. The molecule has 26 heavy (non-hydrogen) atoms. The number of hydrogen-bond acceptors (Lipinski definition) is 6. The summed E-state index contributed by atoms with van der Waals surface area (Å²) in [6.45, 7) is 11.2. The van der Waals surface area contributed by atoms with Crippen molar-refractivity contribution in [1.82, 2.24) is 0 Å². The topological polar surface area (TPSA) is 71.1 Å². The van der Waals surface area contributed by atoms with Gasteiger partial charge in [0.15, 0.2) is 12.2 Å². The van der Waals surface area contributed by atoms with Gasteiger partial charge >= 0.3 is 11.9 Å². The van der Waals surface area contributed by atoms with E-state index >= 15 is 0 Å². The van der Waals surface area contributed by atoms with Gasteiger partial charge in [-0.2, -0.15) is 0 Å². The van der Waals surface area contributed by atoms with Crippen molar-refractivity contribution in [3.05, 3.63) is 60.7 Å². The number of benzene rings is 1. The van der Waals surface area contributed by atoms with Crippen molar-refractivity contribution in [3.63, 3.8) is 0 Å². The van der Waals surface area contributed by atoms with Crippen LogP contribution in [-0.2, 0) is 41.8 Å². The highest BCUT2D eigenvalue weighted by Crippen LogP contribution is 2.09. The second kappa shape index (κ2) is 12.0. The molecule has 1 aromatic rings. The van der Waals surface area contributed by atoms with E-state index in [4.69, 9.17) is 18.9 Å². The average molecular weight is 362 g/mol. The number of rotatable bonds is 12. The molecule has 6 heteroatoms. The van der Waals surface area contributed by atoms with Gasteiger partial charge in [-0.25, -0.2) is 9.59 Å². The van der Waals surface area contributed by atoms with Crippen molar-refractivity contribution >= 4 is 11.9 Å². The minimum Gasteiger partial charge on any atom is -0.459 e. The highest BCUT2D eigenvalue weighted by molar-refractivity contribution is 5.74. The Hall–Kier alpha value is -2.44. The Morgan fingerprint density at radius 3 is 1.50 bits per heavy atom. The molecule has 1 aromatic carbocycles. The monoisotopic (exact) mass is 362 g/mol. The zero-order valence-corrected chi connectivity index (χ0v) is 15.3. The van der Waals surface area contributed by atoms with Crippen LogP contribution >= 0.6 is 0 Å². The molecule has 0 aliphatic carbocycles. The summed E-state index contributed by atoms with van der Waals surface area (Å²) in [6.07, 6.45) is 1.86. The molecule has 142 valence electrons. The van der Waals surface area contributed by atoms with Gasteiger partial charge in [0.2, 0.25) is 0 Å².